The maximum atomic E-state index is 12.6. The molecule has 0 radical (unpaired) electrons. The van der Waals surface area contributed by atoms with Crippen molar-refractivity contribution in [3.63, 3.8) is 0 Å². The molecule has 0 amide bonds. The average Bonchev–Trinajstić information content (AvgIpc) is 2.54. The Balaban J connectivity index is 1.86. The molecule has 0 saturated heterocycles. The van der Waals surface area contributed by atoms with E-state index in [1.54, 1.807) is 13.0 Å². The van der Waals surface area contributed by atoms with Crippen molar-refractivity contribution in [2.45, 2.75) is 17.9 Å². The fraction of sp³-hybridized carbons (Fsp3) is 0.250. The van der Waals surface area contributed by atoms with Crippen molar-refractivity contribution in [1.29, 1.82) is 0 Å². The molecule has 0 fully saturated rings. The van der Waals surface area contributed by atoms with E-state index < -0.39 is 10.0 Å². The predicted molar refractivity (Wildman–Crippen MR) is 90.3 cm³/mol. The van der Waals surface area contributed by atoms with Crippen LogP contribution in [-0.2, 0) is 10.0 Å². The fourth-order valence-corrected chi connectivity index (χ4v) is 4.25. The lowest BCUT2D eigenvalue weighted by Gasteiger charge is -2.20. The van der Waals surface area contributed by atoms with Crippen LogP contribution in [0.1, 0.15) is 18.5 Å². The number of rotatable bonds is 4. The van der Waals surface area contributed by atoms with Crippen molar-refractivity contribution in [3.05, 3.63) is 52.5 Å². The van der Waals surface area contributed by atoms with Crippen molar-refractivity contribution in [2.24, 2.45) is 0 Å². The summed E-state index contributed by atoms with van der Waals surface area (Å²) in [5.41, 5.74) is 0.869. The van der Waals surface area contributed by atoms with Gasteiger partial charge in [-0.3, -0.25) is 0 Å². The highest BCUT2D eigenvalue weighted by atomic mass is 79.9. The fourth-order valence-electron chi connectivity index (χ4n) is 2.38. The van der Waals surface area contributed by atoms with E-state index in [-0.39, 0.29) is 10.9 Å². The van der Waals surface area contributed by atoms with Crippen molar-refractivity contribution in [3.8, 4) is 11.5 Å². The van der Waals surface area contributed by atoms with Gasteiger partial charge in [-0.15, -0.1) is 0 Å². The van der Waals surface area contributed by atoms with E-state index in [2.05, 4.69) is 20.7 Å². The van der Waals surface area contributed by atoms with Crippen molar-refractivity contribution in [1.82, 2.24) is 4.72 Å². The standard InChI is InChI=1S/C16H16BrNO4S/c1-11(13-4-2-3-5-14(13)17)18-23(19,20)12-6-7-15-16(10-12)22-9-8-21-15/h2-7,10-11,18H,8-9H2,1H3. The summed E-state index contributed by atoms with van der Waals surface area (Å²) in [6.07, 6.45) is 0. The summed E-state index contributed by atoms with van der Waals surface area (Å²) in [7, 11) is -3.66. The Hall–Kier alpha value is -1.57. The lowest BCUT2D eigenvalue weighted by molar-refractivity contribution is 0.171. The average molecular weight is 398 g/mol. The smallest absolute Gasteiger partial charge is 0.241 e. The molecular weight excluding hydrogens is 382 g/mol. The number of hydrogen-bond acceptors (Lipinski definition) is 4. The first-order valence-corrected chi connectivity index (χ1v) is 9.41. The summed E-state index contributed by atoms with van der Waals surface area (Å²) in [4.78, 5) is 0.153. The number of nitrogens with one attached hydrogen (secondary N) is 1. The van der Waals surface area contributed by atoms with Gasteiger partial charge in [0.25, 0.3) is 0 Å². The third-order valence-corrected chi connectivity index (χ3v) is 5.79. The first-order valence-electron chi connectivity index (χ1n) is 7.14. The Morgan fingerprint density at radius 3 is 2.52 bits per heavy atom. The topological polar surface area (TPSA) is 64.6 Å². The third kappa shape index (κ3) is 3.52. The van der Waals surface area contributed by atoms with E-state index in [4.69, 9.17) is 9.47 Å². The van der Waals surface area contributed by atoms with E-state index in [0.717, 1.165) is 10.0 Å². The Bertz CT molecular complexity index is 823. The minimum Gasteiger partial charge on any atom is -0.486 e. The number of fused-ring (bicyclic) bond motifs is 1. The van der Waals surface area contributed by atoms with Gasteiger partial charge in [-0.25, -0.2) is 13.1 Å². The van der Waals surface area contributed by atoms with E-state index in [1.807, 2.05) is 24.3 Å². The minimum atomic E-state index is -3.66. The van der Waals surface area contributed by atoms with Gasteiger partial charge >= 0.3 is 0 Å². The van der Waals surface area contributed by atoms with E-state index in [0.29, 0.717) is 24.7 Å². The lowest BCUT2D eigenvalue weighted by atomic mass is 10.1. The van der Waals surface area contributed by atoms with Crippen LogP contribution in [-0.4, -0.2) is 21.6 Å². The highest BCUT2D eigenvalue weighted by molar-refractivity contribution is 9.10. The SMILES string of the molecule is CC(NS(=O)(=O)c1ccc2c(c1)OCCO2)c1ccccc1Br. The number of halogens is 1. The molecule has 0 aromatic heterocycles. The van der Waals surface area contributed by atoms with E-state index in [1.165, 1.54) is 12.1 Å². The molecule has 3 rings (SSSR count). The Labute approximate surface area is 143 Å². The van der Waals surface area contributed by atoms with Crippen LogP contribution in [0, 0.1) is 0 Å². The molecule has 0 bridgehead atoms. The van der Waals surface area contributed by atoms with Gasteiger partial charge in [0.1, 0.15) is 13.2 Å². The maximum Gasteiger partial charge on any atom is 0.241 e. The predicted octanol–water partition coefficient (Wildman–Crippen LogP) is 3.26. The summed E-state index contributed by atoms with van der Waals surface area (Å²) in [6.45, 7) is 2.68. The number of benzene rings is 2. The number of ether oxygens (including phenoxy) is 2. The normalized spacial score (nSPS) is 15.2. The lowest BCUT2D eigenvalue weighted by Crippen LogP contribution is -2.27. The Morgan fingerprint density at radius 1 is 1.09 bits per heavy atom. The van der Waals surface area contributed by atoms with Gasteiger partial charge in [0.15, 0.2) is 11.5 Å². The molecule has 0 spiro atoms. The maximum absolute atomic E-state index is 12.6. The summed E-state index contributed by atoms with van der Waals surface area (Å²) in [5, 5.41) is 0. The minimum absolute atomic E-state index is 0.153. The first kappa shape index (κ1) is 16.3. The van der Waals surface area contributed by atoms with Gasteiger partial charge in [0.2, 0.25) is 10.0 Å². The van der Waals surface area contributed by atoms with Crippen LogP contribution < -0.4 is 14.2 Å². The van der Waals surface area contributed by atoms with Crippen LogP contribution in [0.5, 0.6) is 11.5 Å². The van der Waals surface area contributed by atoms with Crippen molar-refractivity contribution < 1.29 is 17.9 Å². The zero-order valence-electron chi connectivity index (χ0n) is 12.5. The monoisotopic (exact) mass is 397 g/mol. The molecule has 7 heteroatoms. The molecule has 1 aliphatic heterocycles. The molecule has 0 aliphatic carbocycles. The molecule has 5 nitrogen and oxygen atoms in total. The van der Waals surface area contributed by atoms with E-state index in [9.17, 15) is 8.42 Å². The second-order valence-corrected chi connectivity index (χ2v) is 7.74. The summed E-state index contributed by atoms with van der Waals surface area (Å²) < 4.78 is 39.6. The van der Waals surface area contributed by atoms with Crippen LogP contribution in [0.15, 0.2) is 51.8 Å². The molecule has 1 heterocycles. The van der Waals surface area contributed by atoms with Gasteiger partial charge in [-0.2, -0.15) is 0 Å². The Kier molecular flexibility index (Phi) is 4.61. The molecular formula is C16H16BrNO4S. The second-order valence-electron chi connectivity index (χ2n) is 5.17. The van der Waals surface area contributed by atoms with Gasteiger partial charge in [0, 0.05) is 16.6 Å². The van der Waals surface area contributed by atoms with Crippen LogP contribution in [0.4, 0.5) is 0 Å². The van der Waals surface area contributed by atoms with E-state index >= 15 is 0 Å². The van der Waals surface area contributed by atoms with Crippen LogP contribution in [0.2, 0.25) is 0 Å². The van der Waals surface area contributed by atoms with Gasteiger partial charge < -0.3 is 9.47 Å². The number of sulfonamides is 1. The molecule has 23 heavy (non-hydrogen) atoms. The first-order chi connectivity index (χ1) is 11.0. The van der Waals surface area contributed by atoms with Gasteiger partial charge in [0.05, 0.1) is 4.90 Å². The molecule has 2 aromatic rings. The molecule has 1 aliphatic rings. The van der Waals surface area contributed by atoms with Crippen LogP contribution in [0.25, 0.3) is 0 Å². The molecule has 122 valence electrons. The van der Waals surface area contributed by atoms with Crippen molar-refractivity contribution >= 4 is 26.0 Å². The van der Waals surface area contributed by atoms with Crippen LogP contribution in [0.3, 0.4) is 0 Å². The zero-order chi connectivity index (χ0) is 16.4. The highest BCUT2D eigenvalue weighted by Gasteiger charge is 2.22. The van der Waals surface area contributed by atoms with Crippen molar-refractivity contribution in [2.75, 3.05) is 13.2 Å². The molecule has 1 N–H and O–H groups in total. The summed E-state index contributed by atoms with van der Waals surface area (Å²) >= 11 is 3.44. The molecule has 0 saturated carbocycles. The zero-order valence-corrected chi connectivity index (χ0v) is 14.9. The van der Waals surface area contributed by atoms with Crippen LogP contribution >= 0.6 is 15.9 Å². The van der Waals surface area contributed by atoms with Gasteiger partial charge in [-0.05, 0) is 30.7 Å². The molecule has 1 unspecified atom stereocenters. The summed E-state index contributed by atoms with van der Waals surface area (Å²) in [5.74, 6) is 1.02. The number of hydrogen-bond donors (Lipinski definition) is 1. The second kappa shape index (κ2) is 6.51. The highest BCUT2D eigenvalue weighted by Crippen LogP contribution is 2.33. The summed E-state index contributed by atoms with van der Waals surface area (Å²) in [6, 6.07) is 11.8. The quantitative estimate of drug-likeness (QED) is 0.859. The van der Waals surface area contributed by atoms with Gasteiger partial charge in [-0.1, -0.05) is 34.1 Å². The Morgan fingerprint density at radius 2 is 1.78 bits per heavy atom. The molecule has 2 aromatic carbocycles. The largest absolute Gasteiger partial charge is 0.486 e. The molecule has 1 atom stereocenters. The third-order valence-electron chi connectivity index (χ3n) is 3.53.